The Hall–Kier alpha value is -3.55. The minimum atomic E-state index is -0.493. The third-order valence-corrected chi connectivity index (χ3v) is 3.85. The second kappa shape index (κ2) is 7.14. The minimum absolute atomic E-state index is 0.0236. The maximum Gasteiger partial charge on any atom is 0.280 e. The van der Waals surface area contributed by atoms with Gasteiger partial charge in [-0.3, -0.25) is 4.79 Å². The van der Waals surface area contributed by atoms with Gasteiger partial charge in [0.2, 0.25) is 0 Å². The van der Waals surface area contributed by atoms with Crippen LogP contribution in [0.4, 0.5) is 11.5 Å². The van der Waals surface area contributed by atoms with Crippen molar-refractivity contribution in [1.82, 2.24) is 15.0 Å². The molecule has 0 aliphatic carbocycles. The second-order valence-electron chi connectivity index (χ2n) is 5.59. The van der Waals surface area contributed by atoms with Crippen molar-refractivity contribution in [2.45, 2.75) is 6.92 Å². The zero-order chi connectivity index (χ0) is 18.7. The van der Waals surface area contributed by atoms with Crippen molar-refractivity contribution < 1.29 is 14.3 Å². The summed E-state index contributed by atoms with van der Waals surface area (Å²) in [5.74, 6) is 0.724. The SMILES string of the molecule is COc1ccc(OC)c(NC(=O)c2nnn(-c3ccc(C)cc3)c2N)c1. The monoisotopic (exact) mass is 353 g/mol. The summed E-state index contributed by atoms with van der Waals surface area (Å²) >= 11 is 0. The van der Waals surface area contributed by atoms with Crippen molar-refractivity contribution in [3.05, 3.63) is 53.7 Å². The predicted molar refractivity (Wildman–Crippen MR) is 98.0 cm³/mol. The van der Waals surface area contributed by atoms with Gasteiger partial charge in [0.25, 0.3) is 5.91 Å². The highest BCUT2D eigenvalue weighted by molar-refractivity contribution is 6.06. The largest absolute Gasteiger partial charge is 0.497 e. The summed E-state index contributed by atoms with van der Waals surface area (Å²) in [6.07, 6.45) is 0. The lowest BCUT2D eigenvalue weighted by Gasteiger charge is -2.11. The Labute approximate surface area is 150 Å². The number of carbonyl (C=O) groups is 1. The number of nitrogen functional groups attached to an aromatic ring is 1. The van der Waals surface area contributed by atoms with Crippen LogP contribution in [0, 0.1) is 6.92 Å². The number of hydrogen-bond acceptors (Lipinski definition) is 6. The fourth-order valence-corrected chi connectivity index (χ4v) is 2.42. The zero-order valence-electron chi connectivity index (χ0n) is 14.7. The van der Waals surface area contributed by atoms with Crippen LogP contribution < -0.4 is 20.5 Å². The molecule has 0 saturated heterocycles. The Morgan fingerprint density at radius 3 is 2.50 bits per heavy atom. The molecule has 8 nitrogen and oxygen atoms in total. The molecule has 0 fully saturated rings. The van der Waals surface area contributed by atoms with Gasteiger partial charge in [-0.1, -0.05) is 22.9 Å². The van der Waals surface area contributed by atoms with Crippen molar-refractivity contribution in [3.63, 3.8) is 0 Å². The number of benzene rings is 2. The van der Waals surface area contributed by atoms with E-state index in [1.165, 1.54) is 11.8 Å². The van der Waals surface area contributed by atoms with E-state index in [9.17, 15) is 4.79 Å². The molecule has 3 N–H and O–H groups in total. The molecule has 1 amide bonds. The van der Waals surface area contributed by atoms with E-state index in [1.54, 1.807) is 25.3 Å². The van der Waals surface area contributed by atoms with E-state index in [-0.39, 0.29) is 11.5 Å². The summed E-state index contributed by atoms with van der Waals surface area (Å²) in [4.78, 5) is 12.6. The molecule has 3 aromatic rings. The summed E-state index contributed by atoms with van der Waals surface area (Å²) < 4.78 is 11.8. The third-order valence-electron chi connectivity index (χ3n) is 3.85. The highest BCUT2D eigenvalue weighted by Gasteiger charge is 2.20. The Bertz CT molecular complexity index is 934. The number of aromatic nitrogens is 3. The number of nitrogens with two attached hydrogens (primary N) is 1. The topological polar surface area (TPSA) is 104 Å². The first kappa shape index (κ1) is 17.3. The van der Waals surface area contributed by atoms with E-state index in [2.05, 4.69) is 15.6 Å². The van der Waals surface area contributed by atoms with Gasteiger partial charge in [-0.15, -0.1) is 5.10 Å². The normalized spacial score (nSPS) is 10.4. The number of rotatable bonds is 5. The number of ether oxygens (including phenoxy) is 2. The van der Waals surface area contributed by atoms with Crippen LogP contribution >= 0.6 is 0 Å². The molecule has 134 valence electrons. The molecule has 2 aromatic carbocycles. The van der Waals surface area contributed by atoms with Crippen LogP contribution in [0.5, 0.6) is 11.5 Å². The standard InChI is InChI=1S/C18H19N5O3/c1-11-4-6-12(7-5-11)23-17(19)16(21-22-23)18(24)20-14-10-13(25-2)8-9-15(14)26-3/h4-10H,19H2,1-3H3,(H,20,24). The summed E-state index contributed by atoms with van der Waals surface area (Å²) in [6, 6.07) is 12.6. The fraction of sp³-hybridized carbons (Fsp3) is 0.167. The lowest BCUT2D eigenvalue weighted by atomic mass is 10.2. The molecular formula is C18H19N5O3. The van der Waals surface area contributed by atoms with Gasteiger partial charge in [-0.2, -0.15) is 4.68 Å². The summed E-state index contributed by atoms with van der Waals surface area (Å²) in [5.41, 5.74) is 8.37. The van der Waals surface area contributed by atoms with Gasteiger partial charge < -0.3 is 20.5 Å². The number of amides is 1. The van der Waals surface area contributed by atoms with E-state index in [0.29, 0.717) is 17.2 Å². The highest BCUT2D eigenvalue weighted by atomic mass is 16.5. The van der Waals surface area contributed by atoms with Gasteiger partial charge in [-0.25, -0.2) is 0 Å². The van der Waals surface area contributed by atoms with Gasteiger partial charge in [0.15, 0.2) is 11.5 Å². The Morgan fingerprint density at radius 1 is 1.12 bits per heavy atom. The molecule has 0 unspecified atom stereocenters. The van der Waals surface area contributed by atoms with Crippen LogP contribution in [0.25, 0.3) is 5.69 Å². The number of nitrogens with zero attached hydrogens (tertiary/aromatic N) is 3. The third kappa shape index (κ3) is 3.30. The molecule has 0 bridgehead atoms. The lowest BCUT2D eigenvalue weighted by molar-refractivity contribution is 0.102. The van der Waals surface area contributed by atoms with E-state index < -0.39 is 5.91 Å². The maximum atomic E-state index is 12.6. The predicted octanol–water partition coefficient (Wildman–Crippen LogP) is 2.43. The first-order chi connectivity index (χ1) is 12.5. The van der Waals surface area contributed by atoms with Crippen molar-refractivity contribution in [2.75, 3.05) is 25.3 Å². The quantitative estimate of drug-likeness (QED) is 0.730. The average molecular weight is 353 g/mol. The van der Waals surface area contributed by atoms with Crippen LogP contribution in [-0.2, 0) is 0 Å². The van der Waals surface area contributed by atoms with Crippen molar-refractivity contribution >= 4 is 17.4 Å². The molecule has 3 rings (SSSR count). The molecule has 1 aromatic heterocycles. The van der Waals surface area contributed by atoms with Crippen LogP contribution in [0.3, 0.4) is 0 Å². The molecule has 0 atom stereocenters. The number of methoxy groups -OCH3 is 2. The maximum absolute atomic E-state index is 12.6. The van der Waals surface area contributed by atoms with Gasteiger partial charge >= 0.3 is 0 Å². The van der Waals surface area contributed by atoms with Crippen molar-refractivity contribution in [3.8, 4) is 17.2 Å². The van der Waals surface area contributed by atoms with Gasteiger partial charge in [0.1, 0.15) is 11.5 Å². The number of aryl methyl sites for hydroxylation is 1. The lowest BCUT2D eigenvalue weighted by Crippen LogP contribution is -2.15. The Kier molecular flexibility index (Phi) is 4.74. The van der Waals surface area contributed by atoms with Crippen molar-refractivity contribution in [2.24, 2.45) is 0 Å². The van der Waals surface area contributed by atoms with E-state index >= 15 is 0 Å². The number of carbonyl (C=O) groups excluding carboxylic acids is 1. The number of anilines is 2. The zero-order valence-corrected chi connectivity index (χ0v) is 14.7. The molecule has 0 aliphatic rings. The summed E-state index contributed by atoms with van der Waals surface area (Å²) in [6.45, 7) is 1.98. The smallest absolute Gasteiger partial charge is 0.280 e. The summed E-state index contributed by atoms with van der Waals surface area (Å²) in [7, 11) is 3.05. The molecule has 8 heteroatoms. The van der Waals surface area contributed by atoms with Gasteiger partial charge in [0, 0.05) is 6.07 Å². The molecule has 1 heterocycles. The molecule has 0 aliphatic heterocycles. The molecule has 0 spiro atoms. The minimum Gasteiger partial charge on any atom is -0.497 e. The van der Waals surface area contributed by atoms with Crippen LogP contribution in [-0.4, -0.2) is 35.1 Å². The summed E-state index contributed by atoms with van der Waals surface area (Å²) in [5, 5.41) is 10.6. The van der Waals surface area contributed by atoms with Gasteiger partial charge in [0.05, 0.1) is 25.6 Å². The fourth-order valence-electron chi connectivity index (χ4n) is 2.42. The first-order valence-corrected chi connectivity index (χ1v) is 7.85. The Balaban J connectivity index is 1.89. The average Bonchev–Trinajstić information content (AvgIpc) is 3.04. The highest BCUT2D eigenvalue weighted by Crippen LogP contribution is 2.29. The molecular weight excluding hydrogens is 334 g/mol. The first-order valence-electron chi connectivity index (χ1n) is 7.85. The van der Waals surface area contributed by atoms with Crippen LogP contribution in [0.15, 0.2) is 42.5 Å². The number of nitrogens with one attached hydrogen (secondary N) is 1. The van der Waals surface area contributed by atoms with Crippen LogP contribution in [0.2, 0.25) is 0 Å². The van der Waals surface area contributed by atoms with E-state index in [1.807, 2.05) is 31.2 Å². The second-order valence-corrected chi connectivity index (χ2v) is 5.59. The van der Waals surface area contributed by atoms with Gasteiger partial charge in [-0.05, 0) is 31.2 Å². The van der Waals surface area contributed by atoms with E-state index in [4.69, 9.17) is 15.2 Å². The molecule has 0 radical (unpaired) electrons. The molecule has 0 saturated carbocycles. The Morgan fingerprint density at radius 2 is 1.85 bits per heavy atom. The molecule has 26 heavy (non-hydrogen) atoms. The number of hydrogen-bond donors (Lipinski definition) is 2. The van der Waals surface area contributed by atoms with Crippen molar-refractivity contribution in [1.29, 1.82) is 0 Å². The van der Waals surface area contributed by atoms with E-state index in [0.717, 1.165) is 11.3 Å². The van der Waals surface area contributed by atoms with Crippen LogP contribution in [0.1, 0.15) is 16.1 Å².